The predicted molar refractivity (Wildman–Crippen MR) is 66.2 cm³/mol. The largest absolute Gasteiger partial charge is 0.326 e. The fourth-order valence-corrected chi connectivity index (χ4v) is 1.65. The molecule has 0 bridgehead atoms. The first-order valence-electron chi connectivity index (χ1n) is 5.98. The number of hydrogen-bond donors (Lipinski definition) is 1. The highest BCUT2D eigenvalue weighted by molar-refractivity contribution is 5.92. The van der Waals surface area contributed by atoms with Crippen LogP contribution in [0.5, 0.6) is 0 Å². The highest BCUT2D eigenvalue weighted by atomic mass is 16.1. The molecule has 0 aromatic carbocycles. The molecule has 0 aliphatic rings. The lowest BCUT2D eigenvalue weighted by molar-refractivity contribution is -0.120. The van der Waals surface area contributed by atoms with Gasteiger partial charge >= 0.3 is 0 Å². The van der Waals surface area contributed by atoms with Gasteiger partial charge in [-0.3, -0.25) is 9.78 Å². The monoisotopic (exact) mass is 220 g/mol. The number of nitrogens with zero attached hydrogens (tertiary/aromatic N) is 1. The lowest BCUT2D eigenvalue weighted by Crippen LogP contribution is -2.22. The first kappa shape index (κ1) is 12.7. The minimum absolute atomic E-state index is 0.127. The van der Waals surface area contributed by atoms with Crippen molar-refractivity contribution in [3.63, 3.8) is 0 Å². The normalized spacial score (nSPS) is 12.1. The molecule has 0 fully saturated rings. The average Bonchev–Trinajstić information content (AvgIpc) is 2.31. The van der Waals surface area contributed by atoms with E-state index in [1.165, 1.54) is 0 Å². The van der Waals surface area contributed by atoms with Crippen molar-refractivity contribution in [2.45, 2.75) is 39.5 Å². The third kappa shape index (κ3) is 4.01. The molecule has 0 unspecified atom stereocenters. The predicted octanol–water partition coefficient (Wildman–Crippen LogP) is 3.24. The van der Waals surface area contributed by atoms with E-state index in [1.54, 1.807) is 12.4 Å². The van der Waals surface area contributed by atoms with Gasteiger partial charge in [-0.15, -0.1) is 0 Å². The molecule has 0 radical (unpaired) electrons. The summed E-state index contributed by atoms with van der Waals surface area (Å²) in [5, 5.41) is 2.92. The van der Waals surface area contributed by atoms with Crippen molar-refractivity contribution < 1.29 is 4.79 Å². The highest BCUT2D eigenvalue weighted by Crippen LogP contribution is 2.15. The quantitative estimate of drug-likeness (QED) is 0.799. The molecule has 1 amide bonds. The summed E-state index contributed by atoms with van der Waals surface area (Å²) in [6, 6.07) is 3.62. The molecule has 1 atom stereocenters. The Morgan fingerprint density at radius 1 is 1.38 bits per heavy atom. The summed E-state index contributed by atoms with van der Waals surface area (Å²) in [5.74, 6) is 0.260. The Bertz CT molecular complexity index is 311. The van der Waals surface area contributed by atoms with Crippen molar-refractivity contribution in [2.24, 2.45) is 5.92 Å². The fourth-order valence-electron chi connectivity index (χ4n) is 1.65. The van der Waals surface area contributed by atoms with Crippen LogP contribution in [0.25, 0.3) is 0 Å². The van der Waals surface area contributed by atoms with Crippen LogP contribution in [0.1, 0.15) is 39.5 Å². The van der Waals surface area contributed by atoms with Gasteiger partial charge in [0.15, 0.2) is 0 Å². The van der Waals surface area contributed by atoms with Crippen molar-refractivity contribution in [1.82, 2.24) is 4.98 Å². The first-order chi connectivity index (χ1) is 7.77. The van der Waals surface area contributed by atoms with Gasteiger partial charge < -0.3 is 5.32 Å². The summed E-state index contributed by atoms with van der Waals surface area (Å²) < 4.78 is 0. The first-order valence-corrected chi connectivity index (χ1v) is 5.98. The second-order valence-electron chi connectivity index (χ2n) is 3.97. The lowest BCUT2D eigenvalue weighted by atomic mass is 9.98. The lowest BCUT2D eigenvalue weighted by Gasteiger charge is -2.14. The summed E-state index contributed by atoms with van der Waals surface area (Å²) in [6.45, 7) is 4.21. The van der Waals surface area contributed by atoms with E-state index < -0.39 is 0 Å². The van der Waals surface area contributed by atoms with Gasteiger partial charge in [-0.2, -0.15) is 0 Å². The van der Waals surface area contributed by atoms with E-state index in [0.29, 0.717) is 0 Å². The molecular weight excluding hydrogens is 200 g/mol. The zero-order valence-corrected chi connectivity index (χ0v) is 10.1. The van der Waals surface area contributed by atoms with Crippen LogP contribution in [0.3, 0.4) is 0 Å². The Balaban J connectivity index is 2.49. The van der Waals surface area contributed by atoms with Gasteiger partial charge in [0.2, 0.25) is 5.91 Å². The number of carbonyl (C=O) groups excluding carboxylic acids is 1. The van der Waals surface area contributed by atoms with Crippen molar-refractivity contribution in [2.75, 3.05) is 5.32 Å². The zero-order valence-electron chi connectivity index (χ0n) is 10.1. The highest BCUT2D eigenvalue weighted by Gasteiger charge is 2.15. The van der Waals surface area contributed by atoms with E-state index in [1.807, 2.05) is 12.1 Å². The Labute approximate surface area is 97.3 Å². The molecular formula is C13H20N2O. The molecule has 0 spiro atoms. The summed E-state index contributed by atoms with van der Waals surface area (Å²) in [4.78, 5) is 15.8. The Kier molecular flexibility index (Phi) is 5.54. The van der Waals surface area contributed by atoms with Crippen LogP contribution in [0.15, 0.2) is 24.5 Å². The molecule has 3 nitrogen and oxygen atoms in total. The molecule has 3 heteroatoms. The number of anilines is 1. The molecule has 16 heavy (non-hydrogen) atoms. The van der Waals surface area contributed by atoms with Gasteiger partial charge in [-0.25, -0.2) is 0 Å². The SMILES string of the molecule is CCCC[C@@H](CC)C(=O)Nc1ccncc1. The third-order valence-corrected chi connectivity index (χ3v) is 2.72. The number of hydrogen-bond acceptors (Lipinski definition) is 2. The van der Waals surface area contributed by atoms with E-state index in [0.717, 1.165) is 31.4 Å². The van der Waals surface area contributed by atoms with E-state index in [9.17, 15) is 4.79 Å². The number of aromatic nitrogens is 1. The van der Waals surface area contributed by atoms with Gasteiger partial charge in [-0.1, -0.05) is 26.7 Å². The summed E-state index contributed by atoms with van der Waals surface area (Å²) in [7, 11) is 0. The topological polar surface area (TPSA) is 42.0 Å². The minimum atomic E-state index is 0.127. The summed E-state index contributed by atoms with van der Waals surface area (Å²) >= 11 is 0. The van der Waals surface area contributed by atoms with Crippen LogP contribution >= 0.6 is 0 Å². The number of pyridine rings is 1. The van der Waals surface area contributed by atoms with E-state index in [4.69, 9.17) is 0 Å². The molecule has 0 aliphatic heterocycles. The van der Waals surface area contributed by atoms with E-state index >= 15 is 0 Å². The van der Waals surface area contributed by atoms with Crippen molar-refractivity contribution in [3.05, 3.63) is 24.5 Å². The van der Waals surface area contributed by atoms with Gasteiger partial charge in [0, 0.05) is 24.0 Å². The summed E-state index contributed by atoms with van der Waals surface area (Å²) in [6.07, 6.45) is 7.49. The molecule has 1 aromatic rings. The Morgan fingerprint density at radius 2 is 2.06 bits per heavy atom. The van der Waals surface area contributed by atoms with Crippen LogP contribution in [0.2, 0.25) is 0 Å². The smallest absolute Gasteiger partial charge is 0.227 e. The number of unbranched alkanes of at least 4 members (excludes halogenated alkanes) is 1. The molecule has 1 heterocycles. The maximum Gasteiger partial charge on any atom is 0.227 e. The number of rotatable bonds is 6. The van der Waals surface area contributed by atoms with Crippen LogP contribution < -0.4 is 5.32 Å². The van der Waals surface area contributed by atoms with Crippen molar-refractivity contribution >= 4 is 11.6 Å². The van der Waals surface area contributed by atoms with Crippen molar-refractivity contribution in [1.29, 1.82) is 0 Å². The second kappa shape index (κ2) is 6.99. The van der Waals surface area contributed by atoms with E-state index in [2.05, 4.69) is 24.1 Å². The Morgan fingerprint density at radius 3 is 2.62 bits per heavy atom. The van der Waals surface area contributed by atoms with Crippen molar-refractivity contribution in [3.8, 4) is 0 Å². The molecule has 0 aliphatic carbocycles. The van der Waals surface area contributed by atoms with Crippen LogP contribution in [0.4, 0.5) is 5.69 Å². The van der Waals surface area contributed by atoms with E-state index in [-0.39, 0.29) is 11.8 Å². The maximum absolute atomic E-state index is 11.9. The number of carbonyl (C=O) groups is 1. The maximum atomic E-state index is 11.9. The molecule has 0 saturated heterocycles. The number of amides is 1. The second-order valence-corrected chi connectivity index (χ2v) is 3.97. The van der Waals surface area contributed by atoms with Crippen LogP contribution in [0, 0.1) is 5.92 Å². The molecule has 1 N–H and O–H groups in total. The van der Waals surface area contributed by atoms with Crippen LogP contribution in [-0.4, -0.2) is 10.9 Å². The number of nitrogens with one attached hydrogen (secondary N) is 1. The fraction of sp³-hybridized carbons (Fsp3) is 0.538. The Hall–Kier alpha value is -1.38. The van der Waals surface area contributed by atoms with Gasteiger partial charge in [0.1, 0.15) is 0 Å². The van der Waals surface area contributed by atoms with Crippen LogP contribution in [-0.2, 0) is 4.79 Å². The standard InChI is InChI=1S/C13H20N2O/c1-3-5-6-11(4-2)13(16)15-12-7-9-14-10-8-12/h7-11H,3-6H2,1-2H3,(H,14,15,16)/t11-/m1/s1. The zero-order chi connectivity index (χ0) is 11.8. The van der Waals surface area contributed by atoms with Gasteiger partial charge in [-0.05, 0) is 25.0 Å². The van der Waals surface area contributed by atoms with Gasteiger partial charge in [0.05, 0.1) is 0 Å². The molecule has 1 aromatic heterocycles. The molecule has 88 valence electrons. The van der Waals surface area contributed by atoms with Gasteiger partial charge in [0.25, 0.3) is 0 Å². The third-order valence-electron chi connectivity index (χ3n) is 2.72. The molecule has 0 saturated carbocycles. The summed E-state index contributed by atoms with van der Waals surface area (Å²) in [5.41, 5.74) is 0.829. The minimum Gasteiger partial charge on any atom is -0.326 e. The molecule has 1 rings (SSSR count). The average molecular weight is 220 g/mol.